The van der Waals surface area contributed by atoms with E-state index in [0.29, 0.717) is 6.04 Å². The molecule has 0 atom stereocenters. The molecule has 120 valence electrons. The second kappa shape index (κ2) is 6.19. The quantitative estimate of drug-likeness (QED) is 0.928. The first-order valence-electron chi connectivity index (χ1n) is 8.63. The van der Waals surface area contributed by atoms with E-state index in [1.165, 1.54) is 31.2 Å². The van der Waals surface area contributed by atoms with Crippen molar-refractivity contribution in [2.24, 2.45) is 5.92 Å². The SMILES string of the molecule is CC1CCC(Nc2nccc(-c3ccc4c(c3)CCO4)n2)CC1. The zero-order chi connectivity index (χ0) is 15.6. The summed E-state index contributed by atoms with van der Waals surface area (Å²) in [6, 6.07) is 8.81. The summed E-state index contributed by atoms with van der Waals surface area (Å²) in [5, 5.41) is 3.52. The summed E-state index contributed by atoms with van der Waals surface area (Å²) in [4.78, 5) is 9.12. The molecule has 1 saturated carbocycles. The molecular weight excluding hydrogens is 286 g/mol. The van der Waals surface area contributed by atoms with Gasteiger partial charge in [0.05, 0.1) is 12.3 Å². The third-order valence-corrected chi connectivity index (χ3v) is 4.99. The van der Waals surface area contributed by atoms with Gasteiger partial charge in [-0.1, -0.05) is 6.92 Å². The summed E-state index contributed by atoms with van der Waals surface area (Å²) >= 11 is 0. The van der Waals surface area contributed by atoms with Crippen molar-refractivity contribution in [1.29, 1.82) is 0 Å². The summed E-state index contributed by atoms with van der Waals surface area (Å²) in [5.74, 6) is 2.62. The lowest BCUT2D eigenvalue weighted by Crippen LogP contribution is -2.26. The zero-order valence-electron chi connectivity index (χ0n) is 13.6. The molecule has 0 unspecified atom stereocenters. The summed E-state index contributed by atoms with van der Waals surface area (Å²) in [6.45, 7) is 3.13. The third kappa shape index (κ3) is 3.16. The maximum Gasteiger partial charge on any atom is 0.223 e. The van der Waals surface area contributed by atoms with E-state index in [9.17, 15) is 0 Å². The van der Waals surface area contributed by atoms with E-state index in [1.54, 1.807) is 0 Å². The molecule has 0 saturated heterocycles. The van der Waals surface area contributed by atoms with Gasteiger partial charge in [-0.15, -0.1) is 0 Å². The highest BCUT2D eigenvalue weighted by Gasteiger charge is 2.19. The number of nitrogens with zero attached hydrogens (tertiary/aromatic N) is 2. The summed E-state index contributed by atoms with van der Waals surface area (Å²) in [5.41, 5.74) is 3.38. The summed E-state index contributed by atoms with van der Waals surface area (Å²) in [7, 11) is 0. The van der Waals surface area contributed by atoms with Crippen molar-refractivity contribution in [3.63, 3.8) is 0 Å². The molecule has 4 rings (SSSR count). The van der Waals surface area contributed by atoms with Crippen molar-refractivity contribution in [2.45, 2.75) is 45.1 Å². The van der Waals surface area contributed by atoms with Crippen molar-refractivity contribution < 1.29 is 4.74 Å². The normalized spacial score (nSPS) is 23.2. The highest BCUT2D eigenvalue weighted by atomic mass is 16.5. The van der Waals surface area contributed by atoms with Crippen LogP contribution in [0.4, 0.5) is 5.95 Å². The number of aromatic nitrogens is 2. The predicted molar refractivity (Wildman–Crippen MR) is 91.7 cm³/mol. The van der Waals surface area contributed by atoms with Crippen LogP contribution in [0.2, 0.25) is 0 Å². The van der Waals surface area contributed by atoms with Crippen molar-refractivity contribution in [3.05, 3.63) is 36.0 Å². The number of anilines is 1. The molecule has 0 spiro atoms. The Labute approximate surface area is 137 Å². The molecule has 1 aliphatic heterocycles. The van der Waals surface area contributed by atoms with Crippen molar-refractivity contribution in [1.82, 2.24) is 9.97 Å². The van der Waals surface area contributed by atoms with Gasteiger partial charge in [0.1, 0.15) is 5.75 Å². The van der Waals surface area contributed by atoms with Gasteiger partial charge in [-0.25, -0.2) is 9.97 Å². The largest absolute Gasteiger partial charge is 0.493 e. The molecule has 1 fully saturated rings. The summed E-state index contributed by atoms with van der Waals surface area (Å²) in [6.07, 6.45) is 7.85. The van der Waals surface area contributed by atoms with E-state index in [1.807, 2.05) is 12.3 Å². The predicted octanol–water partition coefficient (Wildman–Crippen LogP) is 4.07. The fourth-order valence-electron chi connectivity index (χ4n) is 3.52. The van der Waals surface area contributed by atoms with Gasteiger partial charge >= 0.3 is 0 Å². The third-order valence-electron chi connectivity index (χ3n) is 4.99. The van der Waals surface area contributed by atoms with Gasteiger partial charge in [-0.3, -0.25) is 0 Å². The second-order valence-corrected chi connectivity index (χ2v) is 6.79. The number of rotatable bonds is 3. The van der Waals surface area contributed by atoms with Crippen molar-refractivity contribution >= 4 is 5.95 Å². The van der Waals surface area contributed by atoms with Crippen LogP contribution in [0.15, 0.2) is 30.5 Å². The van der Waals surface area contributed by atoms with Crippen LogP contribution in [0.3, 0.4) is 0 Å². The number of hydrogen-bond acceptors (Lipinski definition) is 4. The second-order valence-electron chi connectivity index (χ2n) is 6.79. The van der Waals surface area contributed by atoms with Crippen LogP contribution < -0.4 is 10.1 Å². The van der Waals surface area contributed by atoms with E-state index < -0.39 is 0 Å². The molecule has 4 heteroatoms. The number of fused-ring (bicyclic) bond motifs is 1. The standard InChI is InChI=1S/C19H23N3O/c1-13-2-5-16(6-3-13)21-19-20-10-8-17(22-19)14-4-7-18-15(12-14)9-11-23-18/h4,7-8,10,12-13,16H,2-3,5-6,9,11H2,1H3,(H,20,21,22). The van der Waals surface area contributed by atoms with Gasteiger partial charge in [0.2, 0.25) is 5.95 Å². The molecule has 2 heterocycles. The lowest BCUT2D eigenvalue weighted by Gasteiger charge is -2.26. The Hall–Kier alpha value is -2.10. The Morgan fingerprint density at radius 1 is 1.13 bits per heavy atom. The first-order valence-corrected chi connectivity index (χ1v) is 8.63. The fraction of sp³-hybridized carbons (Fsp3) is 0.474. The molecule has 0 amide bonds. The molecular formula is C19H23N3O. The molecule has 4 nitrogen and oxygen atoms in total. The van der Waals surface area contributed by atoms with Crippen LogP contribution in [0, 0.1) is 5.92 Å². The minimum atomic E-state index is 0.509. The first kappa shape index (κ1) is 14.5. The molecule has 1 aromatic heterocycles. The average Bonchev–Trinajstić information content (AvgIpc) is 3.05. The van der Waals surface area contributed by atoms with Gasteiger partial charge in [0.25, 0.3) is 0 Å². The van der Waals surface area contributed by atoms with E-state index in [2.05, 4.69) is 35.4 Å². The fourth-order valence-corrected chi connectivity index (χ4v) is 3.52. The molecule has 1 aromatic carbocycles. The van der Waals surface area contributed by atoms with Gasteiger partial charge < -0.3 is 10.1 Å². The van der Waals surface area contributed by atoms with Crippen LogP contribution in [-0.4, -0.2) is 22.6 Å². The maximum atomic E-state index is 5.58. The van der Waals surface area contributed by atoms with Crippen LogP contribution >= 0.6 is 0 Å². The smallest absolute Gasteiger partial charge is 0.223 e. The average molecular weight is 309 g/mol. The molecule has 0 radical (unpaired) electrons. The minimum absolute atomic E-state index is 0.509. The number of benzene rings is 1. The molecule has 1 aliphatic carbocycles. The molecule has 1 N–H and O–H groups in total. The minimum Gasteiger partial charge on any atom is -0.493 e. The molecule has 23 heavy (non-hydrogen) atoms. The Kier molecular flexibility index (Phi) is 3.90. The number of ether oxygens (including phenoxy) is 1. The van der Waals surface area contributed by atoms with Crippen molar-refractivity contribution in [3.8, 4) is 17.0 Å². The Balaban J connectivity index is 1.52. The molecule has 2 aromatic rings. The van der Waals surface area contributed by atoms with Crippen LogP contribution in [0.1, 0.15) is 38.2 Å². The van der Waals surface area contributed by atoms with Gasteiger partial charge in [-0.2, -0.15) is 0 Å². The van der Waals surface area contributed by atoms with E-state index in [4.69, 9.17) is 9.72 Å². The maximum absolute atomic E-state index is 5.58. The molecule has 0 bridgehead atoms. The lowest BCUT2D eigenvalue weighted by atomic mass is 9.87. The lowest BCUT2D eigenvalue weighted by molar-refractivity contribution is 0.357. The number of nitrogens with one attached hydrogen (secondary N) is 1. The molecule has 2 aliphatic rings. The van der Waals surface area contributed by atoms with Crippen molar-refractivity contribution in [2.75, 3.05) is 11.9 Å². The highest BCUT2D eigenvalue weighted by Crippen LogP contribution is 2.30. The summed E-state index contributed by atoms with van der Waals surface area (Å²) < 4.78 is 5.58. The number of hydrogen-bond donors (Lipinski definition) is 1. The van der Waals surface area contributed by atoms with E-state index in [-0.39, 0.29) is 0 Å². The zero-order valence-corrected chi connectivity index (χ0v) is 13.6. The van der Waals surface area contributed by atoms with Crippen LogP contribution in [-0.2, 0) is 6.42 Å². The topological polar surface area (TPSA) is 47.0 Å². The van der Waals surface area contributed by atoms with Crippen LogP contribution in [0.25, 0.3) is 11.3 Å². The van der Waals surface area contributed by atoms with E-state index >= 15 is 0 Å². The Morgan fingerprint density at radius 2 is 2.00 bits per heavy atom. The van der Waals surface area contributed by atoms with Gasteiger partial charge in [0, 0.05) is 24.2 Å². The highest BCUT2D eigenvalue weighted by molar-refractivity contribution is 5.63. The van der Waals surface area contributed by atoms with Crippen LogP contribution in [0.5, 0.6) is 5.75 Å². The Morgan fingerprint density at radius 3 is 2.87 bits per heavy atom. The monoisotopic (exact) mass is 309 g/mol. The van der Waals surface area contributed by atoms with Gasteiger partial charge in [-0.05, 0) is 61.4 Å². The Bertz CT molecular complexity index is 693. The van der Waals surface area contributed by atoms with Gasteiger partial charge in [0.15, 0.2) is 0 Å². The van der Waals surface area contributed by atoms with E-state index in [0.717, 1.165) is 41.9 Å². The first-order chi connectivity index (χ1) is 11.3.